The van der Waals surface area contributed by atoms with Crippen molar-refractivity contribution in [2.24, 2.45) is 0 Å². The first-order chi connectivity index (χ1) is 17.1. The molecule has 3 aromatic rings. The number of ether oxygens (including phenoxy) is 1. The van der Waals surface area contributed by atoms with Gasteiger partial charge in [0.1, 0.15) is 5.75 Å². The summed E-state index contributed by atoms with van der Waals surface area (Å²) in [7, 11) is -3.61. The first-order valence-electron chi connectivity index (χ1n) is 10.9. The molecule has 14 heteroatoms. The quantitative estimate of drug-likeness (QED) is 0.342. The Kier molecular flexibility index (Phi) is 7.76. The highest BCUT2D eigenvalue weighted by Gasteiger charge is 2.30. The van der Waals surface area contributed by atoms with Crippen LogP contribution < -0.4 is 10.6 Å². The van der Waals surface area contributed by atoms with Crippen LogP contribution in [0.3, 0.4) is 0 Å². The molecule has 1 amide bonds. The molecule has 0 spiro atoms. The molecule has 36 heavy (non-hydrogen) atoms. The number of sulfonamides is 1. The lowest BCUT2D eigenvalue weighted by Gasteiger charge is -2.34. The number of amides is 1. The molecule has 1 aromatic heterocycles. The molecule has 0 saturated carbocycles. The molecule has 1 aliphatic heterocycles. The number of carbonyl (C=O) groups excluding carboxylic acids is 1. The second-order valence-corrected chi connectivity index (χ2v) is 10.8. The predicted octanol–water partition coefficient (Wildman–Crippen LogP) is 2.19. The highest BCUT2D eigenvalue weighted by molar-refractivity contribution is 7.99. The van der Waals surface area contributed by atoms with Gasteiger partial charge in [0.2, 0.25) is 21.1 Å². The number of alkyl halides is 2. The van der Waals surface area contributed by atoms with E-state index in [1.165, 1.54) is 33.2 Å². The second-order valence-electron chi connectivity index (χ2n) is 7.97. The summed E-state index contributed by atoms with van der Waals surface area (Å²) < 4.78 is 57.3. The smallest absolute Gasteiger partial charge is 0.387 e. The van der Waals surface area contributed by atoms with E-state index in [0.717, 1.165) is 17.3 Å². The third-order valence-electron chi connectivity index (χ3n) is 5.58. The topological polar surface area (TPSA) is 124 Å². The van der Waals surface area contributed by atoms with Gasteiger partial charge >= 0.3 is 6.61 Å². The van der Waals surface area contributed by atoms with Crippen molar-refractivity contribution in [2.75, 3.05) is 37.8 Å². The number of piperazine rings is 1. The molecular formula is C22H24F2N6O4S2. The SMILES string of the molecule is Cc1ccc(S(=O)(=O)N2CCN(C(=O)CSc3nnc(-c4ccc(OC(F)F)cc4)n3N)CC2)cc1. The molecule has 0 atom stereocenters. The van der Waals surface area contributed by atoms with Gasteiger partial charge in [-0.1, -0.05) is 29.5 Å². The zero-order chi connectivity index (χ0) is 25.9. The Morgan fingerprint density at radius 2 is 1.69 bits per heavy atom. The van der Waals surface area contributed by atoms with E-state index in [0.29, 0.717) is 16.5 Å². The zero-order valence-electron chi connectivity index (χ0n) is 19.3. The molecule has 0 bridgehead atoms. The number of halogens is 2. The lowest BCUT2D eigenvalue weighted by atomic mass is 10.2. The van der Waals surface area contributed by atoms with Gasteiger partial charge in [-0.15, -0.1) is 10.2 Å². The molecule has 4 rings (SSSR count). The Hall–Kier alpha value is -3.23. The summed E-state index contributed by atoms with van der Waals surface area (Å²) in [5.74, 6) is 6.24. The van der Waals surface area contributed by atoms with Crippen molar-refractivity contribution in [3.8, 4) is 17.1 Å². The zero-order valence-corrected chi connectivity index (χ0v) is 20.9. The maximum Gasteiger partial charge on any atom is 0.387 e. The fourth-order valence-electron chi connectivity index (χ4n) is 3.61. The van der Waals surface area contributed by atoms with Crippen LogP contribution in [-0.4, -0.2) is 76.9 Å². The Morgan fingerprint density at radius 1 is 1.06 bits per heavy atom. The van der Waals surface area contributed by atoms with Crippen molar-refractivity contribution in [3.63, 3.8) is 0 Å². The van der Waals surface area contributed by atoms with Crippen LogP contribution in [-0.2, 0) is 14.8 Å². The Balaban J connectivity index is 1.31. The van der Waals surface area contributed by atoms with Gasteiger partial charge in [-0.05, 0) is 43.3 Å². The number of nitrogens with zero attached hydrogens (tertiary/aromatic N) is 5. The maximum absolute atomic E-state index is 12.9. The fraction of sp³-hybridized carbons (Fsp3) is 0.318. The largest absolute Gasteiger partial charge is 0.435 e. The van der Waals surface area contributed by atoms with Crippen LogP contribution in [0, 0.1) is 6.92 Å². The van der Waals surface area contributed by atoms with E-state index in [-0.39, 0.29) is 48.5 Å². The lowest BCUT2D eigenvalue weighted by molar-refractivity contribution is -0.129. The highest BCUT2D eigenvalue weighted by Crippen LogP contribution is 2.25. The molecule has 192 valence electrons. The van der Waals surface area contributed by atoms with Crippen molar-refractivity contribution in [1.82, 2.24) is 24.1 Å². The van der Waals surface area contributed by atoms with E-state index in [4.69, 9.17) is 5.84 Å². The summed E-state index contributed by atoms with van der Waals surface area (Å²) in [6.07, 6.45) is 0. The van der Waals surface area contributed by atoms with E-state index < -0.39 is 16.6 Å². The number of hydrogen-bond donors (Lipinski definition) is 1. The molecule has 2 heterocycles. The molecule has 1 saturated heterocycles. The van der Waals surface area contributed by atoms with Gasteiger partial charge < -0.3 is 15.5 Å². The van der Waals surface area contributed by atoms with Crippen molar-refractivity contribution < 1.29 is 26.7 Å². The molecule has 1 aliphatic rings. The number of aryl methyl sites for hydroxylation is 1. The van der Waals surface area contributed by atoms with E-state index in [2.05, 4.69) is 14.9 Å². The van der Waals surface area contributed by atoms with Crippen LogP contribution in [0.2, 0.25) is 0 Å². The minimum Gasteiger partial charge on any atom is -0.435 e. The monoisotopic (exact) mass is 538 g/mol. The third kappa shape index (κ3) is 5.77. The summed E-state index contributed by atoms with van der Waals surface area (Å²) in [5.41, 5.74) is 1.51. The minimum absolute atomic E-state index is 0.00351. The molecule has 0 unspecified atom stereocenters. The molecule has 0 aliphatic carbocycles. The number of aromatic nitrogens is 3. The standard InChI is InChI=1S/C22H24F2N6O4S2/c1-15-2-8-18(9-3-15)36(32,33)29-12-10-28(11-13-29)19(31)14-35-22-27-26-20(30(22)25)16-4-6-17(7-5-16)34-21(23)24/h2-9,21H,10-14,25H2,1H3. The van der Waals surface area contributed by atoms with Gasteiger partial charge in [-0.25, -0.2) is 13.1 Å². The maximum atomic E-state index is 12.9. The van der Waals surface area contributed by atoms with E-state index in [1.807, 2.05) is 6.92 Å². The van der Waals surface area contributed by atoms with Crippen LogP contribution in [0.4, 0.5) is 8.78 Å². The van der Waals surface area contributed by atoms with Crippen molar-refractivity contribution in [3.05, 3.63) is 54.1 Å². The van der Waals surface area contributed by atoms with E-state index in [1.54, 1.807) is 29.2 Å². The number of rotatable bonds is 8. The summed E-state index contributed by atoms with van der Waals surface area (Å²) in [4.78, 5) is 14.6. The molecule has 10 nitrogen and oxygen atoms in total. The highest BCUT2D eigenvalue weighted by atomic mass is 32.2. The molecule has 0 radical (unpaired) electrons. The number of nitrogens with two attached hydrogens (primary N) is 1. The fourth-order valence-corrected chi connectivity index (χ4v) is 5.79. The number of thioether (sulfide) groups is 1. The average molecular weight is 539 g/mol. The predicted molar refractivity (Wildman–Crippen MR) is 129 cm³/mol. The van der Waals surface area contributed by atoms with Crippen LogP contribution in [0.15, 0.2) is 58.6 Å². The van der Waals surface area contributed by atoms with Crippen molar-refractivity contribution in [2.45, 2.75) is 23.6 Å². The Morgan fingerprint density at radius 3 is 2.31 bits per heavy atom. The number of hydrogen-bond acceptors (Lipinski definition) is 8. The third-order valence-corrected chi connectivity index (χ3v) is 8.42. The van der Waals surface area contributed by atoms with E-state index >= 15 is 0 Å². The molecule has 2 aromatic carbocycles. The van der Waals surface area contributed by atoms with Gasteiger partial charge in [-0.3, -0.25) is 4.79 Å². The first kappa shape index (κ1) is 25.9. The lowest BCUT2D eigenvalue weighted by Crippen LogP contribution is -2.51. The van der Waals surface area contributed by atoms with Gasteiger partial charge in [-0.2, -0.15) is 13.1 Å². The molecule has 2 N–H and O–H groups in total. The number of nitrogen functional groups attached to an aromatic ring is 1. The van der Waals surface area contributed by atoms with E-state index in [9.17, 15) is 22.0 Å². The molecular weight excluding hydrogens is 514 g/mol. The number of carbonyl (C=O) groups is 1. The van der Waals surface area contributed by atoms with Crippen LogP contribution in [0.1, 0.15) is 5.56 Å². The van der Waals surface area contributed by atoms with Gasteiger partial charge in [0, 0.05) is 31.7 Å². The Labute approximate surface area is 211 Å². The second kappa shape index (κ2) is 10.8. The van der Waals surface area contributed by atoms with Crippen LogP contribution in [0.25, 0.3) is 11.4 Å². The Bertz CT molecular complexity index is 1310. The first-order valence-corrected chi connectivity index (χ1v) is 13.3. The van der Waals surface area contributed by atoms with Gasteiger partial charge in [0.25, 0.3) is 0 Å². The summed E-state index contributed by atoms with van der Waals surface area (Å²) >= 11 is 1.10. The summed E-state index contributed by atoms with van der Waals surface area (Å²) in [6.45, 7) is -0.0752. The van der Waals surface area contributed by atoms with Gasteiger partial charge in [0.15, 0.2) is 5.82 Å². The average Bonchev–Trinajstić information content (AvgIpc) is 3.23. The summed E-state index contributed by atoms with van der Waals surface area (Å²) in [6, 6.07) is 12.5. The molecule has 1 fully saturated rings. The van der Waals surface area contributed by atoms with Crippen LogP contribution >= 0.6 is 11.8 Å². The van der Waals surface area contributed by atoms with Crippen LogP contribution in [0.5, 0.6) is 5.75 Å². The van der Waals surface area contributed by atoms with Crippen molar-refractivity contribution in [1.29, 1.82) is 0 Å². The summed E-state index contributed by atoms with van der Waals surface area (Å²) in [5, 5.41) is 8.32. The minimum atomic E-state index is -3.61. The normalized spacial score (nSPS) is 14.8. The van der Waals surface area contributed by atoms with Crippen molar-refractivity contribution >= 4 is 27.7 Å². The van der Waals surface area contributed by atoms with Gasteiger partial charge in [0.05, 0.1) is 10.6 Å². The number of benzene rings is 2.